The highest BCUT2D eigenvalue weighted by molar-refractivity contribution is 6.01. The standard InChI is InChI=1S/C18H21FN2O4/c1-10-15(22)21-14(11-5-7-12(19)8-6-11)13(16(23)25-4)9-18(21,2)17(24)20(10)3/h5-8,10,13-14H,9H2,1-4H3/t10-,13+,14-,18+/m1/s1. The van der Waals surface area contributed by atoms with E-state index in [1.807, 2.05) is 0 Å². The van der Waals surface area contributed by atoms with Gasteiger partial charge in [0.1, 0.15) is 17.4 Å². The van der Waals surface area contributed by atoms with Crippen molar-refractivity contribution in [2.45, 2.75) is 37.9 Å². The number of carbonyl (C=O) groups is 3. The molecule has 0 unspecified atom stereocenters. The molecule has 7 heteroatoms. The molecule has 2 heterocycles. The van der Waals surface area contributed by atoms with Gasteiger partial charge < -0.3 is 14.5 Å². The molecular weight excluding hydrogens is 327 g/mol. The second kappa shape index (κ2) is 5.82. The molecule has 3 rings (SSSR count). The zero-order chi connectivity index (χ0) is 18.5. The van der Waals surface area contributed by atoms with Gasteiger partial charge in [-0.25, -0.2) is 4.39 Å². The van der Waals surface area contributed by atoms with Crippen LogP contribution in [0.5, 0.6) is 0 Å². The highest BCUT2D eigenvalue weighted by Crippen LogP contribution is 2.50. The van der Waals surface area contributed by atoms with Gasteiger partial charge in [-0.1, -0.05) is 12.1 Å². The number of nitrogens with zero attached hydrogens (tertiary/aromatic N) is 2. The normalized spacial score (nSPS) is 32.0. The average Bonchev–Trinajstić information content (AvgIpc) is 2.93. The number of halogens is 1. The quantitative estimate of drug-likeness (QED) is 0.760. The summed E-state index contributed by atoms with van der Waals surface area (Å²) in [4.78, 5) is 41.2. The molecule has 0 spiro atoms. The Balaban J connectivity index is 2.15. The Morgan fingerprint density at radius 1 is 1.28 bits per heavy atom. The molecule has 1 aromatic rings. The van der Waals surface area contributed by atoms with E-state index in [0.29, 0.717) is 5.56 Å². The van der Waals surface area contributed by atoms with Crippen LogP contribution in [0.1, 0.15) is 31.9 Å². The molecule has 2 saturated heterocycles. The minimum Gasteiger partial charge on any atom is -0.469 e. The first kappa shape index (κ1) is 17.4. The van der Waals surface area contributed by atoms with E-state index in [9.17, 15) is 18.8 Å². The summed E-state index contributed by atoms with van der Waals surface area (Å²) in [5.74, 6) is -2.02. The number of hydrogen-bond acceptors (Lipinski definition) is 4. The van der Waals surface area contributed by atoms with Gasteiger partial charge >= 0.3 is 5.97 Å². The third-order valence-corrected chi connectivity index (χ3v) is 5.48. The Bertz CT molecular complexity index is 735. The van der Waals surface area contributed by atoms with Gasteiger partial charge in [0.25, 0.3) is 0 Å². The van der Waals surface area contributed by atoms with Crippen LogP contribution in [0.3, 0.4) is 0 Å². The van der Waals surface area contributed by atoms with Crippen molar-refractivity contribution in [2.75, 3.05) is 14.2 Å². The number of rotatable bonds is 2. The van der Waals surface area contributed by atoms with Crippen LogP contribution in [-0.4, -0.2) is 53.3 Å². The van der Waals surface area contributed by atoms with Crippen molar-refractivity contribution in [3.8, 4) is 0 Å². The Morgan fingerprint density at radius 2 is 1.88 bits per heavy atom. The van der Waals surface area contributed by atoms with Gasteiger partial charge in [-0.05, 0) is 38.0 Å². The van der Waals surface area contributed by atoms with Crippen molar-refractivity contribution in [1.29, 1.82) is 0 Å². The fourth-order valence-electron chi connectivity index (χ4n) is 4.02. The molecule has 0 saturated carbocycles. The largest absolute Gasteiger partial charge is 0.469 e. The first-order chi connectivity index (χ1) is 11.7. The topological polar surface area (TPSA) is 66.9 Å². The van der Waals surface area contributed by atoms with Crippen molar-refractivity contribution in [2.24, 2.45) is 5.92 Å². The van der Waals surface area contributed by atoms with Crippen molar-refractivity contribution in [3.05, 3.63) is 35.6 Å². The molecular formula is C18H21FN2O4. The van der Waals surface area contributed by atoms with E-state index in [1.165, 1.54) is 29.0 Å². The average molecular weight is 348 g/mol. The van der Waals surface area contributed by atoms with Crippen LogP contribution < -0.4 is 0 Å². The van der Waals surface area contributed by atoms with Crippen molar-refractivity contribution >= 4 is 17.8 Å². The molecule has 25 heavy (non-hydrogen) atoms. The van der Waals surface area contributed by atoms with E-state index >= 15 is 0 Å². The number of methoxy groups -OCH3 is 1. The third-order valence-electron chi connectivity index (χ3n) is 5.48. The van der Waals surface area contributed by atoms with Crippen LogP contribution in [0.4, 0.5) is 4.39 Å². The van der Waals surface area contributed by atoms with E-state index in [2.05, 4.69) is 0 Å². The molecule has 2 aliphatic rings. The minimum atomic E-state index is -1.13. The summed E-state index contributed by atoms with van der Waals surface area (Å²) in [6.07, 6.45) is 0.170. The number of hydrogen-bond donors (Lipinski definition) is 0. The molecule has 0 aromatic heterocycles. The Kier molecular flexibility index (Phi) is 4.05. The van der Waals surface area contributed by atoms with Crippen LogP contribution in [-0.2, 0) is 19.1 Å². The highest BCUT2D eigenvalue weighted by Gasteiger charge is 2.62. The van der Waals surface area contributed by atoms with E-state index in [4.69, 9.17) is 4.74 Å². The van der Waals surface area contributed by atoms with E-state index in [-0.39, 0.29) is 18.2 Å². The fraction of sp³-hybridized carbons (Fsp3) is 0.500. The molecule has 4 atom stereocenters. The molecule has 0 radical (unpaired) electrons. The van der Waals surface area contributed by atoms with Gasteiger partial charge in [0.2, 0.25) is 11.8 Å². The van der Waals surface area contributed by atoms with Gasteiger partial charge in [-0.3, -0.25) is 14.4 Å². The summed E-state index contributed by atoms with van der Waals surface area (Å²) in [7, 11) is 2.87. The van der Waals surface area contributed by atoms with E-state index in [1.54, 1.807) is 33.0 Å². The summed E-state index contributed by atoms with van der Waals surface area (Å²) >= 11 is 0. The summed E-state index contributed by atoms with van der Waals surface area (Å²) in [6, 6.07) is 4.37. The first-order valence-electron chi connectivity index (χ1n) is 8.16. The maximum atomic E-state index is 13.3. The number of ether oxygens (including phenoxy) is 1. The molecule has 2 fully saturated rings. The number of esters is 1. The zero-order valence-electron chi connectivity index (χ0n) is 14.7. The Labute approximate surface area is 145 Å². The maximum absolute atomic E-state index is 13.3. The van der Waals surface area contributed by atoms with Crippen molar-refractivity contribution in [3.63, 3.8) is 0 Å². The SMILES string of the molecule is COC(=O)[C@H]1C[C@@]2(C)C(=O)N(C)[C@H](C)C(=O)N2[C@@H]1c1ccc(F)cc1. The zero-order valence-corrected chi connectivity index (χ0v) is 14.7. The van der Waals surface area contributed by atoms with E-state index in [0.717, 1.165) is 0 Å². The van der Waals surface area contributed by atoms with Crippen LogP contribution in [0.25, 0.3) is 0 Å². The van der Waals surface area contributed by atoms with Gasteiger partial charge in [0.05, 0.1) is 19.1 Å². The predicted octanol–water partition coefficient (Wildman–Crippen LogP) is 1.51. The van der Waals surface area contributed by atoms with E-state index < -0.39 is 35.3 Å². The summed E-state index contributed by atoms with van der Waals surface area (Å²) < 4.78 is 18.2. The number of fused-ring (bicyclic) bond motifs is 1. The van der Waals surface area contributed by atoms with Gasteiger partial charge in [-0.2, -0.15) is 0 Å². The predicted molar refractivity (Wildman–Crippen MR) is 86.7 cm³/mol. The lowest BCUT2D eigenvalue weighted by Crippen LogP contribution is -2.66. The molecule has 2 amide bonds. The molecule has 1 aromatic carbocycles. The number of amides is 2. The second-order valence-corrected chi connectivity index (χ2v) is 6.90. The van der Waals surface area contributed by atoms with Gasteiger partial charge in [-0.15, -0.1) is 0 Å². The third kappa shape index (κ3) is 2.41. The second-order valence-electron chi connectivity index (χ2n) is 6.90. The molecule has 0 aliphatic carbocycles. The molecule has 134 valence electrons. The van der Waals surface area contributed by atoms with Gasteiger partial charge in [0, 0.05) is 7.05 Å². The molecule has 6 nitrogen and oxygen atoms in total. The number of likely N-dealkylation sites (N-methyl/N-ethyl adjacent to an activating group) is 1. The summed E-state index contributed by atoms with van der Waals surface area (Å²) in [6.45, 7) is 3.34. The minimum absolute atomic E-state index is 0.170. The fourth-order valence-corrected chi connectivity index (χ4v) is 4.02. The lowest BCUT2D eigenvalue weighted by atomic mass is 9.88. The summed E-state index contributed by atoms with van der Waals surface area (Å²) in [5.41, 5.74) is -0.519. The number of carbonyl (C=O) groups excluding carboxylic acids is 3. The Morgan fingerprint density at radius 3 is 2.44 bits per heavy atom. The molecule has 0 N–H and O–H groups in total. The number of benzene rings is 1. The lowest BCUT2D eigenvalue weighted by Gasteiger charge is -2.47. The van der Waals surface area contributed by atoms with Crippen LogP contribution in [0.15, 0.2) is 24.3 Å². The number of piperazine rings is 1. The smallest absolute Gasteiger partial charge is 0.311 e. The maximum Gasteiger partial charge on any atom is 0.311 e. The van der Waals surface area contributed by atoms with Crippen LogP contribution >= 0.6 is 0 Å². The lowest BCUT2D eigenvalue weighted by molar-refractivity contribution is -0.166. The first-order valence-corrected chi connectivity index (χ1v) is 8.16. The van der Waals surface area contributed by atoms with Crippen molar-refractivity contribution < 1.29 is 23.5 Å². The monoisotopic (exact) mass is 348 g/mol. The molecule has 0 bridgehead atoms. The van der Waals surface area contributed by atoms with Crippen LogP contribution in [0, 0.1) is 11.7 Å². The Hall–Kier alpha value is -2.44. The van der Waals surface area contributed by atoms with Crippen molar-refractivity contribution in [1.82, 2.24) is 9.80 Å². The highest BCUT2D eigenvalue weighted by atomic mass is 19.1. The molecule has 2 aliphatic heterocycles. The van der Waals surface area contributed by atoms with Gasteiger partial charge in [0.15, 0.2) is 0 Å². The van der Waals surface area contributed by atoms with Crippen LogP contribution in [0.2, 0.25) is 0 Å². The summed E-state index contributed by atoms with van der Waals surface area (Å²) in [5, 5.41) is 0.